The first-order valence-electron chi connectivity index (χ1n) is 9.45. The second-order valence-corrected chi connectivity index (χ2v) is 6.00. The molecule has 0 unspecified atom stereocenters. The maximum Gasteiger partial charge on any atom is 0.252 e. The maximum atomic E-state index is 11.6. The first-order chi connectivity index (χ1) is 13.2. The Morgan fingerprint density at radius 3 is 2.74 bits per heavy atom. The van der Waals surface area contributed by atoms with Gasteiger partial charge in [0.05, 0.1) is 19.4 Å². The molecule has 0 spiro atoms. The number of rotatable bonds is 11. The van der Waals surface area contributed by atoms with E-state index in [0.717, 1.165) is 30.6 Å². The van der Waals surface area contributed by atoms with Crippen LogP contribution in [0.15, 0.2) is 34.2 Å². The van der Waals surface area contributed by atoms with Gasteiger partial charge in [0, 0.05) is 11.8 Å². The van der Waals surface area contributed by atoms with Gasteiger partial charge in [0.1, 0.15) is 0 Å². The third-order valence-corrected chi connectivity index (χ3v) is 3.81. The summed E-state index contributed by atoms with van der Waals surface area (Å²) in [6.45, 7) is 7.27. The van der Waals surface area contributed by atoms with Crippen LogP contribution in [0.1, 0.15) is 51.3 Å². The summed E-state index contributed by atoms with van der Waals surface area (Å²) in [5.41, 5.74) is 4.10. The van der Waals surface area contributed by atoms with Gasteiger partial charge in [-0.2, -0.15) is 5.10 Å². The lowest BCUT2D eigenvalue weighted by Crippen LogP contribution is -2.11. The Bertz CT molecular complexity index is 802. The Labute approximate surface area is 159 Å². The predicted molar refractivity (Wildman–Crippen MR) is 108 cm³/mol. The minimum atomic E-state index is -0.206. The third kappa shape index (κ3) is 6.77. The molecule has 7 nitrogen and oxygen atoms in total. The molecule has 0 aliphatic carbocycles. The van der Waals surface area contributed by atoms with E-state index >= 15 is 0 Å². The Hall–Kier alpha value is -2.83. The van der Waals surface area contributed by atoms with Crippen LogP contribution in [-0.2, 0) is 6.42 Å². The molecule has 2 aromatic rings. The van der Waals surface area contributed by atoms with E-state index in [0.29, 0.717) is 37.0 Å². The molecule has 0 radical (unpaired) electrons. The molecule has 0 bridgehead atoms. The van der Waals surface area contributed by atoms with Crippen molar-refractivity contribution in [1.82, 2.24) is 9.97 Å². The molecule has 0 saturated heterocycles. The number of nitrogens with one attached hydrogen (secondary N) is 2. The van der Waals surface area contributed by atoms with Crippen molar-refractivity contribution < 1.29 is 9.47 Å². The molecular weight excluding hydrogens is 344 g/mol. The van der Waals surface area contributed by atoms with Gasteiger partial charge in [-0.15, -0.1) is 0 Å². The lowest BCUT2D eigenvalue weighted by atomic mass is 10.2. The number of hydrazone groups is 1. The summed E-state index contributed by atoms with van der Waals surface area (Å²) in [4.78, 5) is 18.4. The van der Waals surface area contributed by atoms with Crippen LogP contribution in [-0.4, -0.2) is 29.4 Å². The van der Waals surface area contributed by atoms with Gasteiger partial charge in [-0.1, -0.05) is 26.7 Å². The number of hydrogen-bond acceptors (Lipinski definition) is 6. The number of anilines is 1. The van der Waals surface area contributed by atoms with Crippen LogP contribution in [0.4, 0.5) is 5.95 Å². The first kappa shape index (κ1) is 20.5. The van der Waals surface area contributed by atoms with E-state index in [1.54, 1.807) is 6.21 Å². The Morgan fingerprint density at radius 2 is 2.00 bits per heavy atom. The molecule has 2 rings (SSSR count). The molecule has 0 aliphatic rings. The fraction of sp³-hybridized carbons (Fsp3) is 0.450. The zero-order valence-electron chi connectivity index (χ0n) is 16.2. The number of aromatic nitrogens is 2. The Balaban J connectivity index is 2.04. The van der Waals surface area contributed by atoms with Gasteiger partial charge in [-0.05, 0) is 43.5 Å². The highest BCUT2D eigenvalue weighted by Gasteiger charge is 2.06. The van der Waals surface area contributed by atoms with Crippen molar-refractivity contribution in [2.75, 3.05) is 18.6 Å². The summed E-state index contributed by atoms with van der Waals surface area (Å²) >= 11 is 0. The fourth-order valence-corrected chi connectivity index (χ4v) is 2.44. The van der Waals surface area contributed by atoms with Crippen LogP contribution in [0.2, 0.25) is 0 Å². The molecular formula is C20H28N4O3. The van der Waals surface area contributed by atoms with E-state index in [1.807, 2.05) is 32.0 Å². The predicted octanol–water partition coefficient (Wildman–Crippen LogP) is 3.75. The molecule has 0 amide bonds. The van der Waals surface area contributed by atoms with Gasteiger partial charge in [0.2, 0.25) is 5.95 Å². The minimum Gasteiger partial charge on any atom is -0.490 e. The van der Waals surface area contributed by atoms with Gasteiger partial charge in [-0.3, -0.25) is 9.78 Å². The lowest BCUT2D eigenvalue weighted by Gasteiger charge is -2.12. The van der Waals surface area contributed by atoms with E-state index in [4.69, 9.17) is 9.47 Å². The maximum absolute atomic E-state index is 11.6. The van der Waals surface area contributed by atoms with Crippen molar-refractivity contribution in [3.8, 4) is 11.5 Å². The number of hydrogen-bond donors (Lipinski definition) is 2. The third-order valence-electron chi connectivity index (χ3n) is 3.81. The van der Waals surface area contributed by atoms with Crippen LogP contribution < -0.4 is 20.5 Å². The largest absolute Gasteiger partial charge is 0.490 e. The van der Waals surface area contributed by atoms with E-state index in [9.17, 15) is 4.79 Å². The van der Waals surface area contributed by atoms with Gasteiger partial charge in [-0.25, -0.2) is 10.4 Å². The average molecular weight is 372 g/mol. The van der Waals surface area contributed by atoms with Crippen LogP contribution in [0.25, 0.3) is 0 Å². The van der Waals surface area contributed by atoms with E-state index in [-0.39, 0.29) is 5.56 Å². The summed E-state index contributed by atoms with van der Waals surface area (Å²) in [7, 11) is 0. The normalized spacial score (nSPS) is 10.9. The minimum absolute atomic E-state index is 0.206. The highest BCUT2D eigenvalue weighted by molar-refractivity contribution is 5.81. The van der Waals surface area contributed by atoms with Crippen LogP contribution >= 0.6 is 0 Å². The molecule has 1 heterocycles. The number of H-pyrrole nitrogens is 1. The molecule has 146 valence electrons. The molecule has 0 fully saturated rings. The van der Waals surface area contributed by atoms with Crippen LogP contribution in [0, 0.1) is 0 Å². The molecule has 0 saturated carbocycles. The van der Waals surface area contributed by atoms with Crippen LogP contribution in [0.3, 0.4) is 0 Å². The van der Waals surface area contributed by atoms with Gasteiger partial charge in [0.15, 0.2) is 11.5 Å². The van der Waals surface area contributed by atoms with Crippen molar-refractivity contribution in [2.24, 2.45) is 5.10 Å². The van der Waals surface area contributed by atoms with Crippen molar-refractivity contribution in [3.05, 3.63) is 45.9 Å². The molecule has 2 N–H and O–H groups in total. The number of nitrogens with zero attached hydrogens (tertiary/aromatic N) is 2. The second kappa shape index (κ2) is 11.0. The average Bonchev–Trinajstić information content (AvgIpc) is 2.66. The van der Waals surface area contributed by atoms with Crippen LogP contribution in [0.5, 0.6) is 11.5 Å². The summed E-state index contributed by atoms with van der Waals surface area (Å²) < 4.78 is 11.5. The van der Waals surface area contributed by atoms with Crippen molar-refractivity contribution in [2.45, 2.75) is 46.5 Å². The monoisotopic (exact) mass is 372 g/mol. The number of unbranched alkanes of at least 4 members (excludes halogenated alkanes) is 2. The number of benzene rings is 1. The molecule has 7 heteroatoms. The van der Waals surface area contributed by atoms with E-state index in [2.05, 4.69) is 27.4 Å². The van der Waals surface area contributed by atoms with E-state index < -0.39 is 0 Å². The summed E-state index contributed by atoms with van der Waals surface area (Å²) in [5, 5.41) is 4.14. The van der Waals surface area contributed by atoms with Gasteiger partial charge < -0.3 is 9.47 Å². The summed E-state index contributed by atoms with van der Waals surface area (Å²) in [6, 6.07) is 7.14. The first-order valence-corrected chi connectivity index (χ1v) is 9.45. The SMILES string of the molecule is CCCCCOc1ccc(/C=N\Nc2nc(CC)cc(=O)[nH]2)cc1OCC. The molecule has 0 aliphatic heterocycles. The number of aryl methyl sites for hydroxylation is 1. The standard InChI is InChI=1S/C20H28N4O3/c1-4-7-8-11-27-17-10-9-15(12-18(17)26-6-3)14-21-24-20-22-16(5-2)13-19(25)23-20/h9-10,12-14H,4-8,11H2,1-3H3,(H2,22,23,24,25)/b21-14-. The van der Waals surface area contributed by atoms with Crippen molar-refractivity contribution >= 4 is 12.2 Å². The topological polar surface area (TPSA) is 88.6 Å². The van der Waals surface area contributed by atoms with Crippen molar-refractivity contribution in [1.29, 1.82) is 0 Å². The van der Waals surface area contributed by atoms with E-state index in [1.165, 1.54) is 6.07 Å². The molecule has 1 aromatic carbocycles. The smallest absolute Gasteiger partial charge is 0.252 e. The zero-order valence-corrected chi connectivity index (χ0v) is 16.2. The Kier molecular flexibility index (Phi) is 8.35. The summed E-state index contributed by atoms with van der Waals surface area (Å²) in [6.07, 6.45) is 5.65. The second-order valence-electron chi connectivity index (χ2n) is 6.00. The van der Waals surface area contributed by atoms with Gasteiger partial charge in [0.25, 0.3) is 5.56 Å². The zero-order chi connectivity index (χ0) is 19.5. The fourth-order valence-electron chi connectivity index (χ4n) is 2.44. The lowest BCUT2D eigenvalue weighted by molar-refractivity contribution is 0.271. The summed E-state index contributed by atoms with van der Waals surface area (Å²) in [5.74, 6) is 1.74. The Morgan fingerprint density at radius 1 is 1.15 bits per heavy atom. The van der Waals surface area contributed by atoms with Gasteiger partial charge >= 0.3 is 0 Å². The number of aromatic amines is 1. The molecule has 0 atom stereocenters. The quantitative estimate of drug-likeness (QED) is 0.356. The molecule has 27 heavy (non-hydrogen) atoms. The number of ether oxygens (including phenoxy) is 2. The van der Waals surface area contributed by atoms with Crippen molar-refractivity contribution in [3.63, 3.8) is 0 Å². The highest BCUT2D eigenvalue weighted by atomic mass is 16.5. The highest BCUT2D eigenvalue weighted by Crippen LogP contribution is 2.28. The molecule has 1 aromatic heterocycles.